The van der Waals surface area contributed by atoms with Gasteiger partial charge < -0.3 is 24.1 Å². The largest absolute Gasteiger partial charge is 0.507 e. The minimum atomic E-state index is -0.572. The van der Waals surface area contributed by atoms with Gasteiger partial charge in [0.25, 0.3) is 0 Å². The van der Waals surface area contributed by atoms with E-state index in [1.807, 2.05) is 53.5 Å². The van der Waals surface area contributed by atoms with Crippen LogP contribution in [0.15, 0.2) is 65.8 Å². The molecule has 2 aliphatic rings. The lowest BCUT2D eigenvalue weighted by Gasteiger charge is -2.39. The van der Waals surface area contributed by atoms with Crippen LogP contribution in [0.2, 0.25) is 0 Å². The third-order valence-corrected chi connectivity index (χ3v) is 5.91. The lowest BCUT2D eigenvalue weighted by atomic mass is 9.95. The van der Waals surface area contributed by atoms with Gasteiger partial charge in [0.15, 0.2) is 23.0 Å². The first-order chi connectivity index (χ1) is 15.7. The lowest BCUT2D eigenvalue weighted by Crippen LogP contribution is -2.34. The molecule has 0 unspecified atom stereocenters. The first kappa shape index (κ1) is 20.1. The number of fused-ring (bicyclic) bond motifs is 3. The summed E-state index contributed by atoms with van der Waals surface area (Å²) in [5.74, 6) is 2.74. The van der Waals surface area contributed by atoms with Gasteiger partial charge >= 0.3 is 0 Å². The van der Waals surface area contributed by atoms with Crippen molar-refractivity contribution in [3.63, 3.8) is 0 Å². The van der Waals surface area contributed by atoms with Crippen LogP contribution in [0.4, 0.5) is 0 Å². The minimum Gasteiger partial charge on any atom is -0.507 e. The van der Waals surface area contributed by atoms with Crippen molar-refractivity contribution in [2.24, 2.45) is 5.10 Å². The third kappa shape index (κ3) is 3.09. The van der Waals surface area contributed by atoms with Crippen molar-refractivity contribution in [1.29, 1.82) is 0 Å². The second-order valence-corrected chi connectivity index (χ2v) is 7.60. The maximum absolute atomic E-state index is 10.4. The molecule has 3 aromatic carbocycles. The molecular formula is C25H24N2O5. The van der Waals surface area contributed by atoms with Crippen molar-refractivity contribution >= 4 is 5.71 Å². The molecule has 0 saturated carbocycles. The van der Waals surface area contributed by atoms with E-state index in [-0.39, 0.29) is 11.8 Å². The van der Waals surface area contributed by atoms with Gasteiger partial charge in [0.05, 0.1) is 38.6 Å². The highest BCUT2D eigenvalue weighted by Gasteiger charge is 2.43. The van der Waals surface area contributed by atoms with Crippen LogP contribution in [0.3, 0.4) is 0 Å². The van der Waals surface area contributed by atoms with Gasteiger partial charge in [0.2, 0.25) is 6.23 Å². The summed E-state index contributed by atoms with van der Waals surface area (Å²) in [7, 11) is 4.84. The Labute approximate surface area is 186 Å². The minimum absolute atomic E-state index is 0.0932. The Kier molecular flexibility index (Phi) is 5.01. The molecule has 32 heavy (non-hydrogen) atoms. The summed E-state index contributed by atoms with van der Waals surface area (Å²) in [6.07, 6.45) is 0.0429. The average Bonchev–Trinajstić information content (AvgIpc) is 3.28. The normalized spacial score (nSPS) is 18.8. The quantitative estimate of drug-likeness (QED) is 0.632. The molecule has 0 bridgehead atoms. The number of phenolic OH excluding ortho intramolecular Hbond substituents is 1. The van der Waals surface area contributed by atoms with Crippen LogP contribution in [-0.4, -0.2) is 37.2 Å². The number of para-hydroxylation sites is 3. The molecule has 0 spiro atoms. The maximum atomic E-state index is 10.4. The zero-order valence-electron chi connectivity index (χ0n) is 18.1. The summed E-state index contributed by atoms with van der Waals surface area (Å²) < 4.78 is 23.3. The van der Waals surface area contributed by atoms with Crippen molar-refractivity contribution in [3.8, 4) is 28.7 Å². The highest BCUT2D eigenvalue weighted by molar-refractivity contribution is 6.04. The number of hydrazone groups is 1. The predicted molar refractivity (Wildman–Crippen MR) is 120 cm³/mol. The topological polar surface area (TPSA) is 72.8 Å². The van der Waals surface area contributed by atoms with Gasteiger partial charge in [-0.1, -0.05) is 30.3 Å². The summed E-state index contributed by atoms with van der Waals surface area (Å²) in [6.45, 7) is 0. The van der Waals surface area contributed by atoms with E-state index in [1.165, 1.54) is 0 Å². The zero-order valence-corrected chi connectivity index (χ0v) is 18.1. The van der Waals surface area contributed by atoms with Crippen molar-refractivity contribution in [3.05, 3.63) is 77.4 Å². The predicted octanol–water partition coefficient (Wildman–Crippen LogP) is 4.66. The van der Waals surface area contributed by atoms with Crippen LogP contribution in [0.1, 0.15) is 35.4 Å². The van der Waals surface area contributed by atoms with E-state index in [0.29, 0.717) is 35.0 Å². The molecule has 1 N–H and O–H groups in total. The molecule has 164 valence electrons. The summed E-state index contributed by atoms with van der Waals surface area (Å²) in [5.41, 5.74) is 3.27. The summed E-state index contributed by atoms with van der Waals surface area (Å²) in [5, 5.41) is 17.3. The molecule has 0 saturated heterocycles. The van der Waals surface area contributed by atoms with E-state index in [4.69, 9.17) is 24.0 Å². The Hall–Kier alpha value is -3.87. The van der Waals surface area contributed by atoms with E-state index in [9.17, 15) is 5.11 Å². The Morgan fingerprint density at radius 3 is 2.31 bits per heavy atom. The molecule has 3 aromatic rings. The summed E-state index contributed by atoms with van der Waals surface area (Å²) >= 11 is 0. The Bertz CT molecular complexity index is 1190. The number of ether oxygens (including phenoxy) is 4. The number of aromatic hydroxyl groups is 1. The van der Waals surface area contributed by atoms with E-state index >= 15 is 0 Å². The molecule has 0 aliphatic carbocycles. The van der Waals surface area contributed by atoms with Crippen LogP contribution >= 0.6 is 0 Å². The van der Waals surface area contributed by atoms with Crippen molar-refractivity contribution in [2.75, 3.05) is 21.3 Å². The maximum Gasteiger partial charge on any atom is 0.217 e. The molecule has 2 aliphatic heterocycles. The fraction of sp³-hybridized carbons (Fsp3) is 0.240. The van der Waals surface area contributed by atoms with E-state index in [0.717, 1.165) is 16.8 Å². The number of hydrogen-bond acceptors (Lipinski definition) is 7. The standard InChI is InChI=1S/C25H24N2O5/c1-29-21-12-7-10-17(23(21)31-3)25-27-19(16-9-6-13-22(30-2)24(16)32-25)14-18(26-27)15-8-4-5-11-20(15)28/h4-13,19,25,28H,14H2,1-3H3/t19-,25+/m0/s1. The molecule has 0 aromatic heterocycles. The number of methoxy groups -OCH3 is 3. The molecule has 0 fully saturated rings. The van der Waals surface area contributed by atoms with Crippen molar-refractivity contribution in [2.45, 2.75) is 18.7 Å². The van der Waals surface area contributed by atoms with Gasteiger partial charge in [0.1, 0.15) is 5.75 Å². The number of rotatable bonds is 5. The first-order valence-electron chi connectivity index (χ1n) is 10.3. The molecule has 5 rings (SSSR count). The fourth-order valence-corrected chi connectivity index (χ4v) is 4.44. The SMILES string of the molecule is COc1cccc([C@H]2Oc3c(OC)cccc3[C@@H]3CC(c4ccccc4O)=NN23)c1OC. The van der Waals surface area contributed by atoms with E-state index in [1.54, 1.807) is 33.5 Å². The molecular weight excluding hydrogens is 408 g/mol. The fourth-order valence-electron chi connectivity index (χ4n) is 4.44. The molecule has 7 heteroatoms. The van der Waals surface area contributed by atoms with Gasteiger partial charge in [0, 0.05) is 17.5 Å². The van der Waals surface area contributed by atoms with Gasteiger partial charge in [-0.25, -0.2) is 5.01 Å². The second-order valence-electron chi connectivity index (χ2n) is 7.60. The Balaban J connectivity index is 1.68. The molecule has 7 nitrogen and oxygen atoms in total. The van der Waals surface area contributed by atoms with Gasteiger partial charge in [-0.3, -0.25) is 0 Å². The molecule has 2 atom stereocenters. The summed E-state index contributed by atoms with van der Waals surface area (Å²) in [4.78, 5) is 0. The highest BCUT2D eigenvalue weighted by atomic mass is 16.5. The molecule has 0 amide bonds. The lowest BCUT2D eigenvalue weighted by molar-refractivity contribution is -0.0223. The van der Waals surface area contributed by atoms with Gasteiger partial charge in [-0.05, 0) is 30.3 Å². The molecule has 0 radical (unpaired) electrons. The van der Waals surface area contributed by atoms with E-state index in [2.05, 4.69) is 0 Å². The van der Waals surface area contributed by atoms with Crippen molar-refractivity contribution < 1.29 is 24.1 Å². The highest BCUT2D eigenvalue weighted by Crippen LogP contribution is 2.52. The smallest absolute Gasteiger partial charge is 0.217 e. The van der Waals surface area contributed by atoms with Gasteiger partial charge in [-0.2, -0.15) is 5.10 Å². The Morgan fingerprint density at radius 2 is 1.59 bits per heavy atom. The van der Waals surface area contributed by atoms with Crippen LogP contribution in [-0.2, 0) is 0 Å². The monoisotopic (exact) mass is 432 g/mol. The number of phenols is 1. The van der Waals surface area contributed by atoms with E-state index < -0.39 is 6.23 Å². The van der Waals surface area contributed by atoms with Crippen LogP contribution in [0.5, 0.6) is 28.7 Å². The van der Waals surface area contributed by atoms with Gasteiger partial charge in [-0.15, -0.1) is 0 Å². The van der Waals surface area contributed by atoms with Crippen molar-refractivity contribution in [1.82, 2.24) is 5.01 Å². The average molecular weight is 432 g/mol. The Morgan fingerprint density at radius 1 is 0.875 bits per heavy atom. The summed E-state index contributed by atoms with van der Waals surface area (Å²) in [6, 6.07) is 18.7. The zero-order chi connectivity index (χ0) is 22.2. The number of benzene rings is 3. The number of nitrogens with zero attached hydrogens (tertiary/aromatic N) is 2. The van der Waals surface area contributed by atoms with Crippen LogP contribution in [0.25, 0.3) is 0 Å². The van der Waals surface area contributed by atoms with Crippen LogP contribution in [0, 0.1) is 0 Å². The molecule has 2 heterocycles. The van der Waals surface area contributed by atoms with Crippen LogP contribution < -0.4 is 18.9 Å². The first-order valence-corrected chi connectivity index (χ1v) is 10.3. The number of hydrogen-bond donors (Lipinski definition) is 1. The second kappa shape index (κ2) is 8.00. The third-order valence-electron chi connectivity index (χ3n) is 5.91.